The van der Waals surface area contributed by atoms with Gasteiger partial charge >= 0.3 is 0 Å². The van der Waals surface area contributed by atoms with Crippen LogP contribution in [-0.2, 0) is 22.6 Å². The third-order valence-electron chi connectivity index (χ3n) is 3.71. The van der Waals surface area contributed by atoms with Gasteiger partial charge in [0.25, 0.3) is 0 Å². The maximum absolute atomic E-state index is 12.4. The minimum atomic E-state index is -0.00505. The molecule has 2 rings (SSSR count). The zero-order valence-electron chi connectivity index (χ0n) is 11.8. The van der Waals surface area contributed by atoms with E-state index >= 15 is 0 Å². The first kappa shape index (κ1) is 14.5. The highest BCUT2D eigenvalue weighted by atomic mass is 16.2. The first-order chi connectivity index (χ1) is 9.61. The number of nitrogens with zero attached hydrogens (tertiary/aromatic N) is 2. The van der Waals surface area contributed by atoms with Crippen molar-refractivity contribution in [2.45, 2.75) is 19.4 Å². The van der Waals surface area contributed by atoms with E-state index in [-0.39, 0.29) is 18.4 Å². The monoisotopic (exact) mass is 275 g/mol. The Morgan fingerprint density at radius 1 is 1.25 bits per heavy atom. The average Bonchev–Trinajstić information content (AvgIpc) is 2.62. The molecule has 0 radical (unpaired) electrons. The number of hydrogen-bond donors (Lipinski definition) is 1. The molecule has 5 nitrogen and oxygen atoms in total. The average molecular weight is 275 g/mol. The molecule has 1 fully saturated rings. The molecule has 108 valence electrons. The zero-order valence-corrected chi connectivity index (χ0v) is 11.8. The van der Waals surface area contributed by atoms with Gasteiger partial charge in [0.05, 0.1) is 13.0 Å². The normalized spacial score (nSPS) is 16.2. The van der Waals surface area contributed by atoms with Gasteiger partial charge in [-0.15, -0.1) is 0 Å². The van der Waals surface area contributed by atoms with Crippen molar-refractivity contribution in [1.29, 1.82) is 0 Å². The topological polar surface area (TPSA) is 66.6 Å². The standard InChI is InChI=1S/C15H21N3O2/c1-17-7-4-8-18(11-15(17)20)14(19)9-12-5-2-3-6-13(12)10-16/h2-3,5-6H,4,7-11,16H2,1H3. The number of carbonyl (C=O) groups is 2. The smallest absolute Gasteiger partial charge is 0.241 e. The Bertz CT molecular complexity index is 502. The maximum Gasteiger partial charge on any atom is 0.241 e. The van der Waals surface area contributed by atoms with Crippen LogP contribution in [0.5, 0.6) is 0 Å². The Kier molecular flexibility index (Phi) is 4.74. The fraction of sp³-hybridized carbons (Fsp3) is 0.467. The number of nitrogens with two attached hydrogens (primary N) is 1. The van der Waals surface area contributed by atoms with Crippen molar-refractivity contribution >= 4 is 11.8 Å². The molecule has 5 heteroatoms. The molecule has 0 atom stereocenters. The molecule has 0 aromatic heterocycles. The van der Waals surface area contributed by atoms with Crippen molar-refractivity contribution in [3.8, 4) is 0 Å². The second kappa shape index (κ2) is 6.52. The zero-order chi connectivity index (χ0) is 14.5. The summed E-state index contributed by atoms with van der Waals surface area (Å²) in [4.78, 5) is 27.5. The Labute approximate surface area is 119 Å². The van der Waals surface area contributed by atoms with Crippen LogP contribution in [0.25, 0.3) is 0 Å². The van der Waals surface area contributed by atoms with E-state index in [9.17, 15) is 9.59 Å². The van der Waals surface area contributed by atoms with Crippen molar-refractivity contribution in [2.75, 3.05) is 26.7 Å². The summed E-state index contributed by atoms with van der Waals surface area (Å²) in [5, 5.41) is 0. The van der Waals surface area contributed by atoms with Gasteiger partial charge in [-0.25, -0.2) is 0 Å². The second-order valence-electron chi connectivity index (χ2n) is 5.13. The van der Waals surface area contributed by atoms with Gasteiger partial charge in [0.15, 0.2) is 0 Å². The van der Waals surface area contributed by atoms with E-state index in [1.165, 1.54) is 0 Å². The highest BCUT2D eigenvalue weighted by Crippen LogP contribution is 2.11. The van der Waals surface area contributed by atoms with Crippen molar-refractivity contribution in [3.63, 3.8) is 0 Å². The van der Waals surface area contributed by atoms with E-state index in [0.717, 1.165) is 17.5 Å². The Morgan fingerprint density at radius 3 is 2.65 bits per heavy atom. The molecular weight excluding hydrogens is 254 g/mol. The summed E-state index contributed by atoms with van der Waals surface area (Å²) in [6, 6.07) is 7.68. The first-order valence-electron chi connectivity index (χ1n) is 6.90. The van der Waals surface area contributed by atoms with Crippen LogP contribution in [0.15, 0.2) is 24.3 Å². The fourth-order valence-corrected chi connectivity index (χ4v) is 2.40. The van der Waals surface area contributed by atoms with Crippen molar-refractivity contribution < 1.29 is 9.59 Å². The summed E-state index contributed by atoms with van der Waals surface area (Å²) in [5.74, 6) is -0.00231. The van der Waals surface area contributed by atoms with Gasteiger partial charge in [0.2, 0.25) is 11.8 Å². The summed E-state index contributed by atoms with van der Waals surface area (Å²) in [5.41, 5.74) is 7.62. The van der Waals surface area contributed by atoms with Gasteiger partial charge < -0.3 is 15.5 Å². The lowest BCUT2D eigenvalue weighted by atomic mass is 10.0. The molecule has 1 aromatic carbocycles. The molecule has 0 bridgehead atoms. The third kappa shape index (κ3) is 3.36. The minimum Gasteiger partial charge on any atom is -0.344 e. The number of rotatable bonds is 3. The summed E-state index contributed by atoms with van der Waals surface area (Å²) in [6.45, 7) is 1.95. The third-order valence-corrected chi connectivity index (χ3v) is 3.71. The molecule has 0 spiro atoms. The molecule has 1 heterocycles. The van der Waals surface area contributed by atoms with Crippen LogP contribution >= 0.6 is 0 Å². The Balaban J connectivity index is 2.06. The fourth-order valence-electron chi connectivity index (χ4n) is 2.40. The Morgan fingerprint density at radius 2 is 1.95 bits per heavy atom. The molecule has 1 aliphatic rings. The van der Waals surface area contributed by atoms with E-state index in [0.29, 0.717) is 26.1 Å². The number of likely N-dealkylation sites (N-methyl/N-ethyl adjacent to an activating group) is 1. The van der Waals surface area contributed by atoms with Gasteiger partial charge in [-0.1, -0.05) is 24.3 Å². The van der Waals surface area contributed by atoms with Gasteiger partial charge in [-0.2, -0.15) is 0 Å². The van der Waals surface area contributed by atoms with Crippen LogP contribution in [0.4, 0.5) is 0 Å². The lowest BCUT2D eigenvalue weighted by molar-refractivity contribution is -0.137. The summed E-state index contributed by atoms with van der Waals surface area (Å²) < 4.78 is 0. The number of hydrogen-bond acceptors (Lipinski definition) is 3. The second-order valence-corrected chi connectivity index (χ2v) is 5.13. The largest absolute Gasteiger partial charge is 0.344 e. The molecule has 0 saturated carbocycles. The summed E-state index contributed by atoms with van der Waals surface area (Å²) in [7, 11) is 1.78. The van der Waals surface area contributed by atoms with Crippen LogP contribution in [0, 0.1) is 0 Å². The number of carbonyl (C=O) groups excluding carboxylic acids is 2. The first-order valence-corrected chi connectivity index (χ1v) is 6.90. The summed E-state index contributed by atoms with van der Waals surface area (Å²) >= 11 is 0. The van der Waals surface area contributed by atoms with Crippen LogP contribution in [0.1, 0.15) is 17.5 Å². The van der Waals surface area contributed by atoms with Crippen molar-refractivity contribution in [1.82, 2.24) is 9.80 Å². The molecule has 2 amide bonds. The van der Waals surface area contributed by atoms with Gasteiger partial charge in [0, 0.05) is 26.7 Å². The summed E-state index contributed by atoms with van der Waals surface area (Å²) in [6.07, 6.45) is 1.14. The molecule has 20 heavy (non-hydrogen) atoms. The van der Waals surface area contributed by atoms with E-state index in [4.69, 9.17) is 5.73 Å². The highest BCUT2D eigenvalue weighted by Gasteiger charge is 2.23. The molecule has 2 N–H and O–H groups in total. The molecule has 1 aromatic rings. The predicted octanol–water partition coefficient (Wildman–Crippen LogP) is 0.378. The molecule has 0 unspecified atom stereocenters. The van der Waals surface area contributed by atoms with Crippen molar-refractivity contribution in [3.05, 3.63) is 35.4 Å². The SMILES string of the molecule is CN1CCCN(C(=O)Cc2ccccc2CN)CC1=O. The maximum atomic E-state index is 12.4. The van der Waals surface area contributed by atoms with Gasteiger partial charge in [0.1, 0.15) is 0 Å². The highest BCUT2D eigenvalue weighted by molar-refractivity contribution is 5.86. The molecule has 0 aliphatic carbocycles. The van der Waals surface area contributed by atoms with Gasteiger partial charge in [-0.05, 0) is 17.5 Å². The van der Waals surface area contributed by atoms with E-state index in [1.807, 2.05) is 24.3 Å². The Hall–Kier alpha value is -1.88. The quantitative estimate of drug-likeness (QED) is 0.867. The van der Waals surface area contributed by atoms with Crippen LogP contribution in [0.3, 0.4) is 0 Å². The minimum absolute atomic E-state index is 0.00274. The van der Waals surface area contributed by atoms with Crippen molar-refractivity contribution in [2.24, 2.45) is 5.73 Å². The molecule has 1 aliphatic heterocycles. The van der Waals surface area contributed by atoms with Crippen LogP contribution in [0.2, 0.25) is 0 Å². The lowest BCUT2D eigenvalue weighted by Gasteiger charge is -2.20. The number of benzene rings is 1. The van der Waals surface area contributed by atoms with Crippen LogP contribution in [-0.4, -0.2) is 48.3 Å². The van der Waals surface area contributed by atoms with E-state index < -0.39 is 0 Å². The predicted molar refractivity (Wildman–Crippen MR) is 76.9 cm³/mol. The molecule has 1 saturated heterocycles. The van der Waals surface area contributed by atoms with Crippen LogP contribution < -0.4 is 5.73 Å². The van der Waals surface area contributed by atoms with Gasteiger partial charge in [-0.3, -0.25) is 9.59 Å². The molecular formula is C15H21N3O2. The van der Waals surface area contributed by atoms with E-state index in [2.05, 4.69) is 0 Å². The lowest BCUT2D eigenvalue weighted by Crippen LogP contribution is -2.38. The number of amides is 2. The van der Waals surface area contributed by atoms with E-state index in [1.54, 1.807) is 16.8 Å².